The third kappa shape index (κ3) is 1.33. The number of rotatable bonds is 0. The Kier molecular flexibility index (Phi) is 1.74. The summed E-state index contributed by atoms with van der Waals surface area (Å²) in [7, 11) is 0. The molecule has 0 aromatic heterocycles. The van der Waals surface area contributed by atoms with Crippen LogP contribution in [0.15, 0.2) is 22.8 Å². The average Bonchev–Trinajstić information content (AvgIpc) is 2.04. The zero-order valence-electron chi connectivity index (χ0n) is 6.00. The van der Waals surface area contributed by atoms with E-state index in [1.165, 1.54) is 11.8 Å². The van der Waals surface area contributed by atoms with Crippen molar-refractivity contribution in [1.29, 1.82) is 0 Å². The van der Waals surface area contributed by atoms with Gasteiger partial charge in [-0.25, -0.2) is 0 Å². The highest BCUT2D eigenvalue weighted by molar-refractivity contribution is 8.17. The summed E-state index contributed by atoms with van der Waals surface area (Å²) in [6, 6.07) is 0. The first kappa shape index (κ1) is 6.98. The molecule has 0 amide bonds. The maximum Gasteiger partial charge on any atom is 0.194 e. The van der Waals surface area contributed by atoms with Crippen molar-refractivity contribution in [2.45, 2.75) is 12.8 Å². The summed E-state index contributed by atoms with van der Waals surface area (Å²) in [5.41, 5.74) is 0. The van der Waals surface area contributed by atoms with E-state index in [1.807, 2.05) is 12.2 Å². The molecule has 0 aromatic carbocycles. The second-order valence-corrected chi connectivity index (χ2v) is 3.57. The van der Waals surface area contributed by atoms with Gasteiger partial charge in [-0.2, -0.15) is 0 Å². The van der Waals surface area contributed by atoms with Gasteiger partial charge in [0.15, 0.2) is 5.12 Å². The highest BCUT2D eigenvalue weighted by Gasteiger charge is 2.20. The lowest BCUT2D eigenvalue weighted by Gasteiger charge is -2.19. The molecular weight excluding hydrogens is 160 g/mol. The third-order valence-corrected chi connectivity index (χ3v) is 2.69. The minimum absolute atomic E-state index is 0.249. The number of thioether (sulfide) groups is 1. The molecule has 2 aliphatic rings. The highest BCUT2D eigenvalue weighted by atomic mass is 32.2. The standard InChI is InChI=1S/C8H8O2S/c9-8-4-3-6-7(11-8)2-1-5-10-6/h1-2H,3-5H2. The minimum Gasteiger partial charge on any atom is -0.493 e. The Morgan fingerprint density at radius 1 is 1.45 bits per heavy atom. The van der Waals surface area contributed by atoms with Crippen LogP contribution in [0.4, 0.5) is 0 Å². The number of allylic oxidation sites excluding steroid dienone is 2. The van der Waals surface area contributed by atoms with Crippen LogP contribution in [0, 0.1) is 0 Å². The van der Waals surface area contributed by atoms with E-state index in [1.54, 1.807) is 0 Å². The largest absolute Gasteiger partial charge is 0.493 e. The van der Waals surface area contributed by atoms with Crippen molar-refractivity contribution in [3.05, 3.63) is 22.8 Å². The van der Waals surface area contributed by atoms with Crippen molar-refractivity contribution in [1.82, 2.24) is 0 Å². The zero-order chi connectivity index (χ0) is 7.68. The third-order valence-electron chi connectivity index (χ3n) is 1.68. The first-order valence-corrected chi connectivity index (χ1v) is 4.41. The molecule has 0 saturated heterocycles. The van der Waals surface area contributed by atoms with Crippen LogP contribution >= 0.6 is 11.8 Å². The van der Waals surface area contributed by atoms with Gasteiger partial charge in [-0.1, -0.05) is 0 Å². The van der Waals surface area contributed by atoms with Crippen molar-refractivity contribution in [2.75, 3.05) is 6.61 Å². The molecule has 11 heavy (non-hydrogen) atoms. The van der Waals surface area contributed by atoms with Gasteiger partial charge >= 0.3 is 0 Å². The lowest BCUT2D eigenvalue weighted by molar-refractivity contribution is -0.111. The van der Waals surface area contributed by atoms with Crippen LogP contribution in [0.2, 0.25) is 0 Å². The molecule has 2 rings (SSSR count). The Morgan fingerprint density at radius 3 is 3.27 bits per heavy atom. The molecule has 0 bridgehead atoms. The van der Waals surface area contributed by atoms with Crippen LogP contribution in [-0.4, -0.2) is 11.7 Å². The van der Waals surface area contributed by atoms with E-state index < -0.39 is 0 Å². The monoisotopic (exact) mass is 168 g/mol. The number of carbonyl (C=O) groups excluding carboxylic acids is 1. The van der Waals surface area contributed by atoms with Crippen LogP contribution in [0.25, 0.3) is 0 Å². The summed E-state index contributed by atoms with van der Waals surface area (Å²) in [5.74, 6) is 0.997. The quantitative estimate of drug-likeness (QED) is 0.552. The van der Waals surface area contributed by atoms with E-state index in [0.29, 0.717) is 13.0 Å². The van der Waals surface area contributed by atoms with Crippen LogP contribution in [-0.2, 0) is 9.53 Å². The highest BCUT2D eigenvalue weighted by Crippen LogP contribution is 2.34. The van der Waals surface area contributed by atoms with Gasteiger partial charge in [0.1, 0.15) is 12.4 Å². The molecule has 2 nitrogen and oxygen atoms in total. The van der Waals surface area contributed by atoms with Crippen LogP contribution in [0.5, 0.6) is 0 Å². The Labute approximate surface area is 69.3 Å². The molecule has 0 fully saturated rings. The van der Waals surface area contributed by atoms with Crippen molar-refractivity contribution >= 4 is 16.9 Å². The van der Waals surface area contributed by atoms with Gasteiger partial charge in [0, 0.05) is 12.8 Å². The maximum absolute atomic E-state index is 11.0. The molecular formula is C8H8O2S. The lowest BCUT2D eigenvalue weighted by atomic mass is 10.2. The average molecular weight is 168 g/mol. The van der Waals surface area contributed by atoms with E-state index in [0.717, 1.165) is 17.1 Å². The predicted octanol–water partition coefficient (Wildman–Crippen LogP) is 1.84. The van der Waals surface area contributed by atoms with Gasteiger partial charge in [0.25, 0.3) is 0 Å². The molecule has 0 spiro atoms. The van der Waals surface area contributed by atoms with E-state index in [9.17, 15) is 4.79 Å². The fraction of sp³-hybridized carbons (Fsp3) is 0.375. The molecule has 0 aliphatic carbocycles. The van der Waals surface area contributed by atoms with E-state index in [-0.39, 0.29) is 5.12 Å². The van der Waals surface area contributed by atoms with E-state index >= 15 is 0 Å². The van der Waals surface area contributed by atoms with Crippen LogP contribution < -0.4 is 0 Å². The molecule has 0 unspecified atom stereocenters. The lowest BCUT2D eigenvalue weighted by Crippen LogP contribution is -2.08. The normalized spacial score (nSPS) is 23.1. The first-order valence-electron chi connectivity index (χ1n) is 3.59. The number of hydrogen-bond acceptors (Lipinski definition) is 3. The zero-order valence-corrected chi connectivity index (χ0v) is 6.82. The summed E-state index contributed by atoms with van der Waals surface area (Å²) in [4.78, 5) is 12.0. The Morgan fingerprint density at radius 2 is 2.36 bits per heavy atom. The Bertz CT molecular complexity index is 253. The second kappa shape index (κ2) is 2.74. The molecule has 0 saturated carbocycles. The molecule has 0 N–H and O–H groups in total. The number of hydrogen-bond donors (Lipinski definition) is 0. The minimum atomic E-state index is 0.249. The van der Waals surface area contributed by atoms with Crippen molar-refractivity contribution in [3.8, 4) is 0 Å². The Balaban J connectivity index is 2.26. The van der Waals surface area contributed by atoms with Gasteiger partial charge in [-0.05, 0) is 23.9 Å². The number of ether oxygens (including phenoxy) is 1. The van der Waals surface area contributed by atoms with Crippen molar-refractivity contribution in [3.63, 3.8) is 0 Å². The van der Waals surface area contributed by atoms with Crippen LogP contribution in [0.3, 0.4) is 0 Å². The maximum atomic E-state index is 11.0. The van der Waals surface area contributed by atoms with Gasteiger partial charge in [0.2, 0.25) is 0 Å². The molecule has 2 aliphatic heterocycles. The SMILES string of the molecule is O=C1CCC2=C(C=CCO2)S1. The fourth-order valence-corrected chi connectivity index (χ4v) is 2.03. The van der Waals surface area contributed by atoms with Crippen molar-refractivity contribution < 1.29 is 9.53 Å². The summed E-state index contributed by atoms with van der Waals surface area (Å²) in [5, 5.41) is 0.249. The number of carbonyl (C=O) groups is 1. The fourth-order valence-electron chi connectivity index (χ4n) is 1.14. The van der Waals surface area contributed by atoms with Gasteiger partial charge in [-0.15, -0.1) is 0 Å². The molecule has 3 heteroatoms. The van der Waals surface area contributed by atoms with E-state index in [2.05, 4.69) is 0 Å². The first-order chi connectivity index (χ1) is 5.36. The molecule has 58 valence electrons. The van der Waals surface area contributed by atoms with Gasteiger partial charge in [0.05, 0.1) is 4.91 Å². The van der Waals surface area contributed by atoms with Gasteiger partial charge in [-0.3, -0.25) is 4.79 Å². The second-order valence-electron chi connectivity index (χ2n) is 2.47. The molecule has 0 atom stereocenters. The van der Waals surface area contributed by atoms with Crippen LogP contribution in [0.1, 0.15) is 12.8 Å². The molecule has 0 radical (unpaired) electrons. The topological polar surface area (TPSA) is 26.3 Å². The smallest absolute Gasteiger partial charge is 0.194 e. The Hall–Kier alpha value is -0.700. The summed E-state index contributed by atoms with van der Waals surface area (Å²) in [6.07, 6.45) is 5.31. The molecule has 0 aromatic rings. The van der Waals surface area contributed by atoms with Gasteiger partial charge < -0.3 is 4.74 Å². The predicted molar refractivity (Wildman–Crippen MR) is 44.0 cm³/mol. The summed E-state index contributed by atoms with van der Waals surface area (Å²) >= 11 is 1.30. The van der Waals surface area contributed by atoms with E-state index in [4.69, 9.17) is 4.74 Å². The van der Waals surface area contributed by atoms with Crippen molar-refractivity contribution in [2.24, 2.45) is 0 Å². The summed E-state index contributed by atoms with van der Waals surface area (Å²) in [6.45, 7) is 0.660. The summed E-state index contributed by atoms with van der Waals surface area (Å²) < 4.78 is 5.35. The molecule has 2 heterocycles.